The van der Waals surface area contributed by atoms with E-state index in [-0.39, 0.29) is 5.82 Å². The average Bonchev–Trinajstić information content (AvgIpc) is 3.52. The second kappa shape index (κ2) is 8.93. The number of ether oxygens (including phenoxy) is 1. The molecule has 3 aliphatic rings. The average molecular weight is 467 g/mol. The van der Waals surface area contributed by atoms with Crippen LogP contribution in [0.15, 0.2) is 29.8 Å². The predicted octanol–water partition coefficient (Wildman–Crippen LogP) is 5.40. The molecule has 33 heavy (non-hydrogen) atoms. The maximum Gasteiger partial charge on any atom is 0.166 e. The molecular weight excluding hydrogens is 435 g/mol. The Morgan fingerprint density at radius 1 is 1.21 bits per heavy atom. The molecule has 7 heteroatoms. The number of fused-ring (bicyclic) bond motifs is 2. The molecule has 0 amide bonds. The normalized spacial score (nSPS) is 27.8. The van der Waals surface area contributed by atoms with E-state index in [1.54, 1.807) is 17.4 Å². The van der Waals surface area contributed by atoms with Crippen molar-refractivity contribution < 1.29 is 9.13 Å². The van der Waals surface area contributed by atoms with Gasteiger partial charge in [0.15, 0.2) is 5.82 Å². The summed E-state index contributed by atoms with van der Waals surface area (Å²) in [4.78, 5) is 0. The highest BCUT2D eigenvalue weighted by molar-refractivity contribution is 7.18. The lowest BCUT2D eigenvalue weighted by Gasteiger charge is -2.27. The van der Waals surface area contributed by atoms with E-state index in [2.05, 4.69) is 26.2 Å². The van der Waals surface area contributed by atoms with Crippen molar-refractivity contribution in [3.05, 3.63) is 41.2 Å². The van der Waals surface area contributed by atoms with Gasteiger partial charge in [0.2, 0.25) is 0 Å². The van der Waals surface area contributed by atoms with Crippen LogP contribution in [0.5, 0.6) is 0 Å². The number of hydrogen-bond donors (Lipinski definition) is 2. The number of nitrogens with one attached hydrogen (secondary N) is 2. The number of benzene rings is 1. The smallest absolute Gasteiger partial charge is 0.166 e. The summed E-state index contributed by atoms with van der Waals surface area (Å²) >= 11 is 1.67. The summed E-state index contributed by atoms with van der Waals surface area (Å²) in [5, 5.41) is 19.5. The maximum atomic E-state index is 13.9. The van der Waals surface area contributed by atoms with Crippen LogP contribution < -0.4 is 10.6 Å². The molecular formula is C26H31FN4OS. The third-order valence-electron chi connectivity index (χ3n) is 8.06. The number of thiophene rings is 1. The first-order valence-corrected chi connectivity index (χ1v) is 13.1. The van der Waals surface area contributed by atoms with Crippen molar-refractivity contribution in [1.82, 2.24) is 15.5 Å². The molecule has 2 aromatic heterocycles. The van der Waals surface area contributed by atoms with Gasteiger partial charge in [0.25, 0.3) is 0 Å². The van der Waals surface area contributed by atoms with Crippen LogP contribution in [0.4, 0.5) is 10.2 Å². The minimum Gasteiger partial charge on any atom is -0.381 e. The highest BCUT2D eigenvalue weighted by Crippen LogP contribution is 2.43. The van der Waals surface area contributed by atoms with E-state index >= 15 is 0 Å². The fourth-order valence-corrected chi connectivity index (χ4v) is 7.30. The van der Waals surface area contributed by atoms with Gasteiger partial charge in [0.1, 0.15) is 5.82 Å². The van der Waals surface area contributed by atoms with Crippen molar-refractivity contribution in [2.75, 3.05) is 25.1 Å². The van der Waals surface area contributed by atoms with E-state index in [0.29, 0.717) is 12.1 Å². The molecule has 0 radical (unpaired) electrons. The second-order valence-corrected chi connectivity index (χ2v) is 11.0. The topological polar surface area (TPSA) is 59.1 Å². The van der Waals surface area contributed by atoms with Crippen molar-refractivity contribution >= 4 is 27.2 Å². The van der Waals surface area contributed by atoms with Gasteiger partial charge in [-0.3, -0.25) is 0 Å². The molecule has 174 valence electrons. The first-order chi connectivity index (χ1) is 16.2. The van der Waals surface area contributed by atoms with Gasteiger partial charge in [-0.05, 0) is 86.6 Å². The summed E-state index contributed by atoms with van der Waals surface area (Å²) in [5.74, 6) is 2.95. The summed E-state index contributed by atoms with van der Waals surface area (Å²) in [6.45, 7) is 5.01. The van der Waals surface area contributed by atoms with Crippen molar-refractivity contribution in [2.24, 2.45) is 17.8 Å². The monoisotopic (exact) mass is 466 g/mol. The van der Waals surface area contributed by atoms with Gasteiger partial charge in [-0.25, -0.2) is 4.39 Å². The number of aryl methyl sites for hydroxylation is 1. The Kier molecular flexibility index (Phi) is 5.80. The van der Waals surface area contributed by atoms with E-state index in [4.69, 9.17) is 4.74 Å². The number of rotatable bonds is 5. The van der Waals surface area contributed by atoms with Gasteiger partial charge in [0.05, 0.1) is 10.9 Å². The third kappa shape index (κ3) is 4.15. The lowest BCUT2D eigenvalue weighted by molar-refractivity contribution is 0.0594. The summed E-state index contributed by atoms with van der Waals surface area (Å²) in [6.07, 6.45) is 7.88. The lowest BCUT2D eigenvalue weighted by atomic mass is 9.85. The van der Waals surface area contributed by atoms with E-state index in [1.807, 2.05) is 19.2 Å². The van der Waals surface area contributed by atoms with Gasteiger partial charge in [-0.1, -0.05) is 6.07 Å². The molecule has 4 atom stereocenters. The Morgan fingerprint density at radius 2 is 2.09 bits per heavy atom. The highest BCUT2D eigenvalue weighted by Gasteiger charge is 2.44. The Hall–Kier alpha value is -2.09. The molecule has 0 unspecified atom stereocenters. The number of anilines is 1. The molecule has 5 nitrogen and oxygen atoms in total. The number of nitrogens with zero attached hydrogens (tertiary/aromatic N) is 2. The standard InChI is InChI=1S/C26H31FN4OS/c1-15-2-3-18(27)10-20(15)23-14-33-25-22(23)13-29-31-26(25)30-19-9-17-12-28-24(21(17)11-19)8-16-4-6-32-7-5-16/h2-3,10,13-14,16-17,19,21,24,28H,4-9,11-12H2,1H3,(H,30,31)/t17-,19+,21+,24+/m1/s1. The highest BCUT2D eigenvalue weighted by atomic mass is 32.1. The van der Waals surface area contributed by atoms with Crippen LogP contribution in [0, 0.1) is 30.5 Å². The van der Waals surface area contributed by atoms with Crippen LogP contribution in [-0.2, 0) is 4.74 Å². The third-order valence-corrected chi connectivity index (χ3v) is 9.06. The zero-order valence-corrected chi connectivity index (χ0v) is 19.8. The molecule has 2 N–H and O–H groups in total. The predicted molar refractivity (Wildman–Crippen MR) is 131 cm³/mol. The van der Waals surface area contributed by atoms with Crippen LogP contribution in [0.3, 0.4) is 0 Å². The SMILES string of the molecule is Cc1ccc(F)cc1-c1csc2c(N[C@H]3C[C@@H]4CN[C@@H](CC5CCOCC5)[C@H]4C3)nncc12. The molecule has 3 fully saturated rings. The van der Waals surface area contributed by atoms with E-state index in [1.165, 1.54) is 38.2 Å². The fourth-order valence-electron chi connectivity index (χ4n) is 6.31. The zero-order chi connectivity index (χ0) is 22.4. The van der Waals surface area contributed by atoms with Crippen LogP contribution in [0.2, 0.25) is 0 Å². The van der Waals surface area contributed by atoms with Crippen LogP contribution in [-0.4, -0.2) is 42.0 Å². The minimum absolute atomic E-state index is 0.211. The van der Waals surface area contributed by atoms with Gasteiger partial charge < -0.3 is 15.4 Å². The van der Waals surface area contributed by atoms with Crippen LogP contribution in [0.25, 0.3) is 21.2 Å². The molecule has 3 aromatic rings. The lowest BCUT2D eigenvalue weighted by Crippen LogP contribution is -2.33. The Labute approximate surface area is 198 Å². The maximum absolute atomic E-state index is 13.9. The quantitative estimate of drug-likeness (QED) is 0.527. The van der Waals surface area contributed by atoms with Gasteiger partial charge in [0, 0.05) is 41.6 Å². The largest absolute Gasteiger partial charge is 0.381 e. The summed E-state index contributed by atoms with van der Waals surface area (Å²) in [7, 11) is 0. The molecule has 2 aliphatic heterocycles. The first-order valence-electron chi connectivity index (χ1n) is 12.2. The molecule has 1 saturated carbocycles. The van der Waals surface area contributed by atoms with Crippen molar-refractivity contribution in [3.63, 3.8) is 0 Å². The van der Waals surface area contributed by atoms with Gasteiger partial charge in [-0.2, -0.15) is 5.10 Å². The van der Waals surface area contributed by atoms with Gasteiger partial charge in [-0.15, -0.1) is 16.4 Å². The molecule has 0 bridgehead atoms. The number of hydrogen-bond acceptors (Lipinski definition) is 6. The Bertz CT molecular complexity index is 1140. The minimum atomic E-state index is -0.211. The molecule has 1 aliphatic carbocycles. The molecule has 1 aromatic carbocycles. The molecule has 2 saturated heterocycles. The Balaban J connectivity index is 1.19. The number of aromatic nitrogens is 2. The molecule has 6 rings (SSSR count). The van der Waals surface area contributed by atoms with Crippen molar-refractivity contribution in [1.29, 1.82) is 0 Å². The first kappa shape index (κ1) is 21.4. The summed E-state index contributed by atoms with van der Waals surface area (Å²) in [6, 6.07) is 6.04. The van der Waals surface area contributed by atoms with Crippen LogP contribution >= 0.6 is 11.3 Å². The summed E-state index contributed by atoms with van der Waals surface area (Å²) < 4.78 is 20.6. The van der Waals surface area contributed by atoms with E-state index < -0.39 is 0 Å². The molecule has 4 heterocycles. The van der Waals surface area contributed by atoms with Gasteiger partial charge >= 0.3 is 0 Å². The van der Waals surface area contributed by atoms with Crippen LogP contribution in [0.1, 0.15) is 37.7 Å². The molecule has 0 spiro atoms. The van der Waals surface area contributed by atoms with Crippen molar-refractivity contribution in [3.8, 4) is 11.1 Å². The zero-order valence-electron chi connectivity index (χ0n) is 19.0. The van der Waals surface area contributed by atoms with E-state index in [0.717, 1.165) is 70.1 Å². The summed E-state index contributed by atoms with van der Waals surface area (Å²) in [5.41, 5.74) is 3.03. The Morgan fingerprint density at radius 3 is 2.97 bits per heavy atom. The second-order valence-electron chi connectivity index (χ2n) is 10.1. The fraction of sp³-hybridized carbons (Fsp3) is 0.538. The van der Waals surface area contributed by atoms with E-state index in [9.17, 15) is 4.39 Å². The van der Waals surface area contributed by atoms with Crippen molar-refractivity contribution in [2.45, 2.75) is 51.1 Å². The number of halogens is 1.